The first kappa shape index (κ1) is 13.5. The second-order valence-corrected chi connectivity index (χ2v) is 7.28. The highest BCUT2D eigenvalue weighted by Gasteiger charge is 2.44. The Balaban J connectivity index is 1.81. The molecule has 2 aliphatic rings. The van der Waals surface area contributed by atoms with E-state index < -0.39 is 0 Å². The molecular weight excluding hydrogens is 252 g/mol. The number of nitrogens with two attached hydrogens (primary N) is 1. The summed E-state index contributed by atoms with van der Waals surface area (Å²) in [5.74, 6) is 1.27. The van der Waals surface area contributed by atoms with Crippen LogP contribution < -0.4 is 5.73 Å². The van der Waals surface area contributed by atoms with Gasteiger partial charge in [-0.1, -0.05) is 31.2 Å². The van der Waals surface area contributed by atoms with Crippen molar-refractivity contribution in [3.8, 4) is 0 Å². The molecule has 2 N–H and O–H groups in total. The van der Waals surface area contributed by atoms with Gasteiger partial charge in [-0.2, -0.15) is 11.8 Å². The number of thioether (sulfide) groups is 1. The Bertz CT molecular complexity index is 421. The first-order valence-corrected chi connectivity index (χ1v) is 8.45. The number of rotatable bonds is 2. The third-order valence-electron chi connectivity index (χ3n) is 5.06. The van der Waals surface area contributed by atoms with Crippen LogP contribution in [0.4, 0.5) is 0 Å². The van der Waals surface area contributed by atoms with Gasteiger partial charge >= 0.3 is 0 Å². The average molecular weight is 276 g/mol. The lowest BCUT2D eigenvalue weighted by Crippen LogP contribution is -2.58. The molecule has 3 heteroatoms. The Morgan fingerprint density at radius 2 is 1.89 bits per heavy atom. The van der Waals surface area contributed by atoms with E-state index in [1.807, 2.05) is 0 Å². The highest BCUT2D eigenvalue weighted by molar-refractivity contribution is 8.00. The minimum atomic E-state index is 0.243. The Kier molecular flexibility index (Phi) is 3.88. The molecule has 2 nitrogen and oxygen atoms in total. The van der Waals surface area contributed by atoms with Crippen molar-refractivity contribution >= 4 is 11.8 Å². The first-order chi connectivity index (χ1) is 9.26. The average Bonchev–Trinajstić information content (AvgIpc) is 2.69. The summed E-state index contributed by atoms with van der Waals surface area (Å²) in [6, 6.07) is 8.92. The molecule has 1 aromatic carbocycles. The predicted molar refractivity (Wildman–Crippen MR) is 83.7 cm³/mol. The maximum atomic E-state index is 6.19. The molecule has 19 heavy (non-hydrogen) atoms. The molecule has 0 amide bonds. The largest absolute Gasteiger partial charge is 0.329 e. The second-order valence-electron chi connectivity index (χ2n) is 5.83. The molecule has 1 fully saturated rings. The van der Waals surface area contributed by atoms with Crippen LogP contribution in [0.25, 0.3) is 0 Å². The molecule has 0 aromatic heterocycles. The zero-order valence-corrected chi connectivity index (χ0v) is 12.6. The van der Waals surface area contributed by atoms with Gasteiger partial charge in [0.25, 0.3) is 0 Å². The number of hydrogen-bond donors (Lipinski definition) is 1. The Morgan fingerprint density at radius 1 is 1.26 bits per heavy atom. The monoisotopic (exact) mass is 276 g/mol. The van der Waals surface area contributed by atoms with Crippen molar-refractivity contribution in [2.45, 2.75) is 37.0 Å². The molecule has 2 atom stereocenters. The van der Waals surface area contributed by atoms with Gasteiger partial charge in [0.2, 0.25) is 0 Å². The Morgan fingerprint density at radius 3 is 2.37 bits per heavy atom. The molecule has 0 radical (unpaired) electrons. The van der Waals surface area contributed by atoms with Crippen LogP contribution in [0.3, 0.4) is 0 Å². The fourth-order valence-corrected chi connectivity index (χ4v) is 5.19. The molecular formula is C16H24N2S. The van der Waals surface area contributed by atoms with Crippen LogP contribution in [-0.4, -0.2) is 41.1 Å². The number of benzene rings is 1. The summed E-state index contributed by atoms with van der Waals surface area (Å²) >= 11 is 2.09. The van der Waals surface area contributed by atoms with E-state index in [1.165, 1.54) is 49.2 Å². The maximum Gasteiger partial charge on any atom is 0.0455 e. The van der Waals surface area contributed by atoms with Crippen LogP contribution >= 0.6 is 11.8 Å². The number of hydrogen-bond acceptors (Lipinski definition) is 3. The summed E-state index contributed by atoms with van der Waals surface area (Å²) in [6.45, 7) is 5.50. The molecule has 2 unspecified atom stereocenters. The quantitative estimate of drug-likeness (QED) is 0.899. The summed E-state index contributed by atoms with van der Waals surface area (Å²) in [6.07, 6.45) is 3.61. The first-order valence-electron chi connectivity index (χ1n) is 7.40. The van der Waals surface area contributed by atoms with Crippen molar-refractivity contribution in [3.05, 3.63) is 35.4 Å². The van der Waals surface area contributed by atoms with Crippen molar-refractivity contribution in [1.29, 1.82) is 0 Å². The zero-order chi connectivity index (χ0) is 13.3. The lowest BCUT2D eigenvalue weighted by Gasteiger charge is -2.43. The minimum absolute atomic E-state index is 0.243. The van der Waals surface area contributed by atoms with Crippen molar-refractivity contribution in [2.75, 3.05) is 25.4 Å². The van der Waals surface area contributed by atoms with E-state index in [4.69, 9.17) is 5.73 Å². The number of fused-ring (bicyclic) bond motifs is 1. The normalized spacial score (nSPS) is 32.0. The van der Waals surface area contributed by atoms with E-state index in [9.17, 15) is 0 Å². The molecule has 3 rings (SSSR count). The van der Waals surface area contributed by atoms with Crippen molar-refractivity contribution < 1.29 is 0 Å². The number of nitrogens with zero attached hydrogens (tertiary/aromatic N) is 1. The zero-order valence-electron chi connectivity index (χ0n) is 11.8. The van der Waals surface area contributed by atoms with Gasteiger partial charge in [0.15, 0.2) is 0 Å². The molecule has 0 bridgehead atoms. The van der Waals surface area contributed by atoms with Crippen LogP contribution in [0.5, 0.6) is 0 Å². The molecule has 1 aromatic rings. The fourth-order valence-electron chi connectivity index (χ4n) is 3.70. The van der Waals surface area contributed by atoms with Crippen LogP contribution in [-0.2, 0) is 12.8 Å². The third kappa shape index (κ3) is 2.32. The van der Waals surface area contributed by atoms with Crippen molar-refractivity contribution in [3.63, 3.8) is 0 Å². The highest BCUT2D eigenvalue weighted by Crippen LogP contribution is 2.40. The van der Waals surface area contributed by atoms with E-state index in [0.29, 0.717) is 5.25 Å². The third-order valence-corrected chi connectivity index (χ3v) is 6.44. The second kappa shape index (κ2) is 5.47. The summed E-state index contributed by atoms with van der Waals surface area (Å²) in [5, 5.41) is 0.665. The molecule has 0 aliphatic carbocycles. The van der Waals surface area contributed by atoms with E-state index >= 15 is 0 Å². The van der Waals surface area contributed by atoms with Gasteiger partial charge < -0.3 is 5.73 Å². The topological polar surface area (TPSA) is 29.3 Å². The van der Waals surface area contributed by atoms with Crippen LogP contribution in [0.15, 0.2) is 24.3 Å². The van der Waals surface area contributed by atoms with Gasteiger partial charge in [-0.15, -0.1) is 0 Å². The smallest absolute Gasteiger partial charge is 0.0455 e. The predicted octanol–water partition coefficient (Wildman–Crippen LogP) is 2.31. The Labute approximate surface area is 120 Å². The fraction of sp³-hybridized carbons (Fsp3) is 0.625. The van der Waals surface area contributed by atoms with Crippen LogP contribution in [0, 0.1) is 0 Å². The molecule has 0 saturated carbocycles. The van der Waals surface area contributed by atoms with Gasteiger partial charge in [-0.25, -0.2) is 0 Å². The van der Waals surface area contributed by atoms with Gasteiger partial charge in [0.1, 0.15) is 0 Å². The van der Waals surface area contributed by atoms with E-state index in [1.54, 1.807) is 0 Å². The molecule has 2 aliphatic heterocycles. The highest BCUT2D eigenvalue weighted by atomic mass is 32.2. The summed E-state index contributed by atoms with van der Waals surface area (Å²) in [4.78, 5) is 2.69. The van der Waals surface area contributed by atoms with E-state index in [0.717, 1.165) is 6.54 Å². The summed E-state index contributed by atoms with van der Waals surface area (Å²) < 4.78 is 0. The van der Waals surface area contributed by atoms with Crippen molar-refractivity contribution in [2.24, 2.45) is 5.73 Å². The molecule has 2 heterocycles. The summed E-state index contributed by atoms with van der Waals surface area (Å²) in [7, 11) is 0. The van der Waals surface area contributed by atoms with Crippen molar-refractivity contribution in [1.82, 2.24) is 4.90 Å². The maximum absolute atomic E-state index is 6.19. The summed E-state index contributed by atoms with van der Waals surface area (Å²) in [5.41, 5.74) is 9.51. The van der Waals surface area contributed by atoms with E-state index in [2.05, 4.69) is 47.9 Å². The molecule has 1 saturated heterocycles. The van der Waals surface area contributed by atoms with Gasteiger partial charge in [0, 0.05) is 30.4 Å². The minimum Gasteiger partial charge on any atom is -0.329 e. The van der Waals surface area contributed by atoms with Crippen LogP contribution in [0.1, 0.15) is 24.5 Å². The van der Waals surface area contributed by atoms with Gasteiger partial charge in [-0.05, 0) is 36.1 Å². The SMILES string of the molecule is CC1SCCC1(CN)N1CCc2ccccc2CC1. The lowest BCUT2D eigenvalue weighted by molar-refractivity contribution is 0.103. The standard InChI is InChI=1S/C16H24N2S/c1-13-16(12-17,8-11-19-13)18-9-6-14-4-2-3-5-15(14)7-10-18/h2-5,13H,6-12,17H2,1H3. The van der Waals surface area contributed by atoms with E-state index in [-0.39, 0.29) is 5.54 Å². The Hall–Kier alpha value is -0.510. The molecule has 104 valence electrons. The van der Waals surface area contributed by atoms with Gasteiger partial charge in [-0.3, -0.25) is 4.90 Å². The lowest BCUT2D eigenvalue weighted by atomic mass is 9.90. The van der Waals surface area contributed by atoms with Gasteiger partial charge in [0.05, 0.1) is 0 Å². The molecule has 0 spiro atoms. The van der Waals surface area contributed by atoms with Crippen LogP contribution in [0.2, 0.25) is 0 Å².